The average Bonchev–Trinajstić information content (AvgIpc) is 3.18. The van der Waals surface area contributed by atoms with E-state index in [-0.39, 0.29) is 47.5 Å². The van der Waals surface area contributed by atoms with Crippen LogP contribution in [0.2, 0.25) is 0 Å². The SMILES string of the molecule is CNC(=O)c1csc2c(C(F)(F)F)cc(N3CCC(C(OC(F)(F)F)[C@H](C)NC(=O)O)CC3)nc12. The number of amides is 2. The first-order chi connectivity index (χ1) is 16.2. The van der Waals surface area contributed by atoms with Gasteiger partial charge in [0.15, 0.2) is 0 Å². The van der Waals surface area contributed by atoms with Crippen molar-refractivity contribution < 1.29 is 45.8 Å². The Hall–Kier alpha value is -2.81. The molecule has 3 rings (SSSR count). The first-order valence-corrected chi connectivity index (χ1v) is 11.3. The Bertz CT molecular complexity index is 1080. The molecule has 2 aromatic rings. The maximum Gasteiger partial charge on any atom is 0.522 e. The molecule has 0 spiro atoms. The molecule has 2 atom stereocenters. The van der Waals surface area contributed by atoms with Gasteiger partial charge in [0.25, 0.3) is 5.91 Å². The van der Waals surface area contributed by atoms with Crippen LogP contribution in [-0.2, 0) is 10.9 Å². The third-order valence-electron chi connectivity index (χ3n) is 5.73. The number of nitrogens with zero attached hydrogens (tertiary/aromatic N) is 2. The van der Waals surface area contributed by atoms with Gasteiger partial charge in [0.05, 0.1) is 33.5 Å². The number of pyridine rings is 1. The van der Waals surface area contributed by atoms with Gasteiger partial charge in [-0.2, -0.15) is 13.2 Å². The van der Waals surface area contributed by atoms with Gasteiger partial charge in [0, 0.05) is 25.5 Å². The lowest BCUT2D eigenvalue weighted by Gasteiger charge is -2.38. The molecule has 1 aliphatic heterocycles. The van der Waals surface area contributed by atoms with Crippen LogP contribution in [0.1, 0.15) is 35.7 Å². The lowest BCUT2D eigenvalue weighted by molar-refractivity contribution is -0.351. The lowest BCUT2D eigenvalue weighted by Crippen LogP contribution is -2.50. The number of rotatable bonds is 6. The number of piperidine rings is 1. The van der Waals surface area contributed by atoms with E-state index in [0.717, 1.165) is 17.4 Å². The number of halogens is 6. The number of aromatic nitrogens is 1. The van der Waals surface area contributed by atoms with Crippen molar-refractivity contribution in [2.75, 3.05) is 25.0 Å². The smallest absolute Gasteiger partial charge is 0.465 e. The Morgan fingerprint density at radius 3 is 2.37 bits per heavy atom. The number of ether oxygens (including phenoxy) is 1. The highest BCUT2D eigenvalue weighted by molar-refractivity contribution is 7.17. The minimum absolute atomic E-state index is 0.0121. The number of hydrogen-bond donors (Lipinski definition) is 3. The van der Waals surface area contributed by atoms with Crippen LogP contribution in [0.4, 0.5) is 37.0 Å². The molecule has 2 amide bonds. The zero-order chi connectivity index (χ0) is 26.1. The predicted octanol–water partition coefficient (Wildman–Crippen LogP) is 4.45. The monoisotopic (exact) mass is 528 g/mol. The molecule has 8 nitrogen and oxygen atoms in total. The van der Waals surface area contributed by atoms with Gasteiger partial charge in [-0.25, -0.2) is 9.78 Å². The fraction of sp³-hybridized carbons (Fsp3) is 0.550. The summed E-state index contributed by atoms with van der Waals surface area (Å²) >= 11 is 0.744. The van der Waals surface area contributed by atoms with Crippen molar-refractivity contribution in [3.05, 3.63) is 22.6 Å². The van der Waals surface area contributed by atoms with Crippen LogP contribution < -0.4 is 15.5 Å². The van der Waals surface area contributed by atoms with Crippen LogP contribution in [0.5, 0.6) is 0 Å². The zero-order valence-corrected chi connectivity index (χ0v) is 19.3. The molecule has 0 aromatic carbocycles. The minimum Gasteiger partial charge on any atom is -0.465 e. The topological polar surface area (TPSA) is 104 Å². The van der Waals surface area contributed by atoms with Crippen LogP contribution in [-0.4, -0.2) is 60.7 Å². The van der Waals surface area contributed by atoms with E-state index in [1.54, 1.807) is 0 Å². The second kappa shape index (κ2) is 10.0. The van der Waals surface area contributed by atoms with E-state index in [1.165, 1.54) is 24.3 Å². The molecule has 3 N–H and O–H groups in total. The Morgan fingerprint density at radius 2 is 1.86 bits per heavy atom. The standard InChI is InChI=1S/C20H22F6N4O4S/c1-9(28-18(32)33)15(34-20(24,25)26)10-3-5-30(6-4-10)13-7-12(19(21,22)23)16-14(29-13)11(8-35-16)17(31)27-2/h7-10,15,28H,3-6H2,1-2H3,(H,27,31)(H,32,33)/t9-,15?/m0/s1. The molecule has 1 saturated heterocycles. The van der Waals surface area contributed by atoms with Gasteiger partial charge >= 0.3 is 18.6 Å². The molecule has 15 heteroatoms. The number of carbonyl (C=O) groups is 2. The molecule has 0 radical (unpaired) electrons. The normalized spacial score (nSPS) is 17.3. The van der Waals surface area contributed by atoms with Crippen molar-refractivity contribution in [3.8, 4) is 0 Å². The maximum atomic E-state index is 13.8. The number of nitrogens with one attached hydrogen (secondary N) is 2. The number of carbonyl (C=O) groups excluding carboxylic acids is 1. The Kier molecular flexibility index (Phi) is 7.69. The molecular weight excluding hydrogens is 506 g/mol. The van der Waals surface area contributed by atoms with E-state index in [9.17, 15) is 35.9 Å². The van der Waals surface area contributed by atoms with Gasteiger partial charge in [0.2, 0.25) is 0 Å². The van der Waals surface area contributed by atoms with E-state index in [0.29, 0.717) is 0 Å². The van der Waals surface area contributed by atoms with Gasteiger partial charge in [0.1, 0.15) is 5.82 Å². The summed E-state index contributed by atoms with van der Waals surface area (Å²) in [5.41, 5.74) is -1.09. The number of anilines is 1. The Balaban J connectivity index is 1.88. The number of carboxylic acid groups (broad SMARTS) is 1. The molecule has 3 heterocycles. The average molecular weight is 528 g/mol. The second-order valence-electron chi connectivity index (χ2n) is 8.02. The van der Waals surface area contributed by atoms with Gasteiger partial charge in [-0.3, -0.25) is 9.53 Å². The van der Waals surface area contributed by atoms with E-state index in [2.05, 4.69) is 15.0 Å². The fourth-order valence-electron chi connectivity index (χ4n) is 4.16. The van der Waals surface area contributed by atoms with Gasteiger partial charge in [-0.05, 0) is 31.7 Å². The summed E-state index contributed by atoms with van der Waals surface area (Å²) in [4.78, 5) is 28.8. The van der Waals surface area contributed by atoms with Crippen molar-refractivity contribution in [3.63, 3.8) is 0 Å². The molecule has 0 bridgehead atoms. The summed E-state index contributed by atoms with van der Waals surface area (Å²) in [5, 5.41) is 14.5. The van der Waals surface area contributed by atoms with E-state index >= 15 is 0 Å². The molecule has 35 heavy (non-hydrogen) atoms. The zero-order valence-electron chi connectivity index (χ0n) is 18.5. The molecule has 1 fully saturated rings. The Morgan fingerprint density at radius 1 is 1.23 bits per heavy atom. The third-order valence-corrected chi connectivity index (χ3v) is 6.73. The van der Waals surface area contributed by atoms with E-state index < -0.39 is 48.2 Å². The highest BCUT2D eigenvalue weighted by Crippen LogP contribution is 2.41. The van der Waals surface area contributed by atoms with Gasteiger partial charge < -0.3 is 20.6 Å². The number of thiophene rings is 1. The molecular formula is C20H22F6N4O4S. The van der Waals surface area contributed by atoms with Crippen molar-refractivity contribution in [2.24, 2.45) is 5.92 Å². The molecule has 1 aliphatic rings. The summed E-state index contributed by atoms with van der Waals surface area (Å²) in [6.45, 7) is 1.35. The van der Waals surface area contributed by atoms with Gasteiger partial charge in [-0.1, -0.05) is 0 Å². The highest BCUT2D eigenvalue weighted by atomic mass is 32.1. The molecule has 0 aliphatic carbocycles. The van der Waals surface area contributed by atoms with Crippen LogP contribution in [0.15, 0.2) is 11.4 Å². The predicted molar refractivity (Wildman–Crippen MR) is 114 cm³/mol. The quantitative estimate of drug-likeness (QED) is 0.479. The summed E-state index contributed by atoms with van der Waals surface area (Å²) < 4.78 is 84.1. The van der Waals surface area contributed by atoms with Crippen LogP contribution in [0.3, 0.4) is 0 Å². The molecule has 194 valence electrons. The summed E-state index contributed by atoms with van der Waals surface area (Å²) in [6.07, 6.45) is -12.6. The summed E-state index contributed by atoms with van der Waals surface area (Å²) in [6, 6.07) is -0.316. The lowest BCUT2D eigenvalue weighted by atomic mass is 9.87. The first-order valence-electron chi connectivity index (χ1n) is 10.4. The van der Waals surface area contributed by atoms with Crippen molar-refractivity contribution in [2.45, 2.75) is 44.4 Å². The summed E-state index contributed by atoms with van der Waals surface area (Å²) in [7, 11) is 1.34. The molecule has 1 unspecified atom stereocenters. The maximum absolute atomic E-state index is 13.8. The van der Waals surface area contributed by atoms with Crippen molar-refractivity contribution in [1.29, 1.82) is 0 Å². The number of hydrogen-bond acceptors (Lipinski definition) is 6. The Labute approximate surface area is 199 Å². The molecule has 2 aromatic heterocycles. The first kappa shape index (κ1) is 26.8. The highest BCUT2D eigenvalue weighted by Gasteiger charge is 2.42. The van der Waals surface area contributed by atoms with Crippen LogP contribution >= 0.6 is 11.3 Å². The number of fused-ring (bicyclic) bond motifs is 1. The van der Waals surface area contributed by atoms with E-state index in [1.807, 2.05) is 5.32 Å². The number of alkyl halides is 6. The van der Waals surface area contributed by atoms with Gasteiger partial charge in [-0.15, -0.1) is 24.5 Å². The van der Waals surface area contributed by atoms with Crippen LogP contribution in [0.25, 0.3) is 10.2 Å². The second-order valence-corrected chi connectivity index (χ2v) is 8.90. The van der Waals surface area contributed by atoms with Crippen LogP contribution in [0, 0.1) is 5.92 Å². The van der Waals surface area contributed by atoms with Crippen molar-refractivity contribution in [1.82, 2.24) is 15.6 Å². The minimum atomic E-state index is -5.00. The fourth-order valence-corrected chi connectivity index (χ4v) is 5.18. The third kappa shape index (κ3) is 6.25. The molecule has 0 saturated carbocycles. The summed E-state index contributed by atoms with van der Waals surface area (Å²) in [5.74, 6) is -1.38. The van der Waals surface area contributed by atoms with E-state index in [4.69, 9.17) is 5.11 Å². The van der Waals surface area contributed by atoms with Crippen molar-refractivity contribution >= 4 is 39.4 Å². The largest absolute Gasteiger partial charge is 0.522 e.